The van der Waals surface area contributed by atoms with Crippen LogP contribution in [0, 0.1) is 0 Å². The quantitative estimate of drug-likeness (QED) is 0.353. The van der Waals surface area contributed by atoms with Gasteiger partial charge in [0.05, 0.1) is 0 Å². The predicted molar refractivity (Wildman–Crippen MR) is 97.5 cm³/mol. The third-order valence-corrected chi connectivity index (χ3v) is 6.63. The van der Waals surface area contributed by atoms with Crippen molar-refractivity contribution >= 4 is 76.4 Å². The number of nitrogens with one attached hydrogen (secondary N) is 1. The van der Waals surface area contributed by atoms with Crippen LogP contribution in [0.4, 0.5) is 0 Å². The molecule has 4 atom stereocenters. The van der Waals surface area contributed by atoms with Gasteiger partial charge >= 0.3 is 41.5 Å². The molecule has 11 heteroatoms. The van der Waals surface area contributed by atoms with Crippen LogP contribution < -0.4 is 5.32 Å². The molecule has 3 rings (SSSR count). The van der Waals surface area contributed by atoms with Gasteiger partial charge in [-0.05, 0) is 36.2 Å². The minimum atomic E-state index is -1.40. The first-order valence-electron chi connectivity index (χ1n) is 7.43. The maximum atomic E-state index is 12.4. The van der Waals surface area contributed by atoms with Crippen molar-refractivity contribution < 1.29 is 29.4 Å². The number of carboxylic acids is 2. The topological polar surface area (TPSA) is 124 Å². The number of β-lactam (4-membered cyclic amide) rings is 1. The molecule has 0 aliphatic carbocycles. The van der Waals surface area contributed by atoms with E-state index in [0.29, 0.717) is 5.56 Å². The Hall–Kier alpha value is -1.07. The Morgan fingerprint density at radius 3 is 2.46 bits per heavy atom. The van der Waals surface area contributed by atoms with Crippen molar-refractivity contribution in [3.8, 4) is 0 Å². The summed E-state index contributed by atoms with van der Waals surface area (Å²) in [7, 11) is 0. The molecule has 3 N–H and O–H groups in total. The first-order valence-corrected chi connectivity index (χ1v) is 9.25. The second-order valence-electron chi connectivity index (χ2n) is 6.41. The van der Waals surface area contributed by atoms with Crippen molar-refractivity contribution in [1.29, 1.82) is 0 Å². The SMILES string of the molecule is CC1(C)S[C@@H]2[C@H](NC(=O)C(C(=O)O)c3ccsc3)C(=O)N2[C@H]1C(=O)O.[NaH]. The van der Waals surface area contributed by atoms with Crippen LogP contribution in [0.2, 0.25) is 0 Å². The molecule has 3 heterocycles. The summed E-state index contributed by atoms with van der Waals surface area (Å²) in [5, 5.41) is 23.9. The van der Waals surface area contributed by atoms with Crippen LogP contribution in [-0.4, -0.2) is 90.6 Å². The number of fused-ring (bicyclic) bond motifs is 1. The molecule has 2 saturated heterocycles. The minimum absolute atomic E-state index is 0. The van der Waals surface area contributed by atoms with Crippen LogP contribution in [0.1, 0.15) is 25.3 Å². The monoisotopic (exact) mass is 408 g/mol. The number of hydrogen-bond donors (Lipinski definition) is 3. The number of nitrogens with zero attached hydrogens (tertiary/aromatic N) is 1. The van der Waals surface area contributed by atoms with Gasteiger partial charge in [-0.3, -0.25) is 14.4 Å². The summed E-state index contributed by atoms with van der Waals surface area (Å²) in [5.74, 6) is -5.08. The third kappa shape index (κ3) is 3.40. The van der Waals surface area contributed by atoms with Gasteiger partial charge < -0.3 is 20.4 Å². The molecule has 0 bridgehead atoms. The van der Waals surface area contributed by atoms with Crippen molar-refractivity contribution in [2.75, 3.05) is 0 Å². The number of thiophene rings is 1. The van der Waals surface area contributed by atoms with E-state index >= 15 is 0 Å². The molecule has 1 unspecified atom stereocenters. The molecule has 1 aromatic heterocycles. The molecule has 0 aromatic carbocycles. The van der Waals surface area contributed by atoms with E-state index in [1.54, 1.807) is 30.7 Å². The molecule has 2 aliphatic heterocycles. The number of thioether (sulfide) groups is 1. The van der Waals surface area contributed by atoms with Crippen molar-refractivity contribution in [3.05, 3.63) is 22.4 Å². The van der Waals surface area contributed by atoms with E-state index in [2.05, 4.69) is 5.32 Å². The van der Waals surface area contributed by atoms with Gasteiger partial charge in [0.1, 0.15) is 17.5 Å². The molecular formula is C15H17N2NaO6S2. The second-order valence-corrected chi connectivity index (χ2v) is 8.96. The molecule has 26 heavy (non-hydrogen) atoms. The Morgan fingerprint density at radius 1 is 1.31 bits per heavy atom. The zero-order valence-electron chi connectivity index (χ0n) is 13.3. The predicted octanol–water partition coefficient (Wildman–Crippen LogP) is -0.100. The number of hydrogen-bond acceptors (Lipinski definition) is 6. The number of rotatable bonds is 5. The molecule has 2 fully saturated rings. The van der Waals surface area contributed by atoms with E-state index in [0.717, 1.165) is 0 Å². The molecule has 0 radical (unpaired) electrons. The van der Waals surface area contributed by atoms with Crippen LogP contribution in [0.25, 0.3) is 0 Å². The van der Waals surface area contributed by atoms with Crippen LogP contribution in [0.15, 0.2) is 16.8 Å². The Morgan fingerprint density at radius 2 is 1.96 bits per heavy atom. The first-order chi connectivity index (χ1) is 11.6. The van der Waals surface area contributed by atoms with Gasteiger partial charge in [-0.25, -0.2) is 4.79 Å². The number of carbonyl (C=O) groups is 4. The molecule has 2 amide bonds. The Kier molecular flexibility index (Phi) is 6.13. The molecule has 8 nitrogen and oxygen atoms in total. The zero-order chi connectivity index (χ0) is 18.5. The van der Waals surface area contributed by atoms with Crippen LogP contribution in [-0.2, 0) is 19.2 Å². The van der Waals surface area contributed by atoms with Crippen molar-refractivity contribution in [1.82, 2.24) is 10.2 Å². The molecule has 0 spiro atoms. The summed E-state index contributed by atoms with van der Waals surface area (Å²) in [4.78, 5) is 48.9. The fourth-order valence-electron chi connectivity index (χ4n) is 3.23. The fraction of sp³-hybridized carbons (Fsp3) is 0.467. The van der Waals surface area contributed by atoms with Gasteiger partial charge in [-0.15, -0.1) is 11.8 Å². The normalized spacial score (nSPS) is 26.9. The Bertz CT molecular complexity index is 753. The van der Waals surface area contributed by atoms with Gasteiger partial charge in [0.25, 0.3) is 0 Å². The van der Waals surface area contributed by atoms with Crippen LogP contribution in [0.3, 0.4) is 0 Å². The van der Waals surface area contributed by atoms with Gasteiger partial charge in [0.15, 0.2) is 5.92 Å². The van der Waals surface area contributed by atoms with E-state index in [-0.39, 0.29) is 29.6 Å². The van der Waals surface area contributed by atoms with Crippen molar-refractivity contribution in [2.24, 2.45) is 0 Å². The summed E-state index contributed by atoms with van der Waals surface area (Å²) < 4.78 is -0.703. The average molecular weight is 408 g/mol. The van der Waals surface area contributed by atoms with E-state index < -0.39 is 51.9 Å². The number of aliphatic carboxylic acids is 2. The van der Waals surface area contributed by atoms with Crippen molar-refractivity contribution in [3.63, 3.8) is 0 Å². The van der Waals surface area contributed by atoms with Gasteiger partial charge in [0, 0.05) is 4.75 Å². The van der Waals surface area contributed by atoms with Gasteiger partial charge in [-0.1, -0.05) is 0 Å². The molecule has 2 aliphatic rings. The van der Waals surface area contributed by atoms with E-state index in [1.165, 1.54) is 28.0 Å². The van der Waals surface area contributed by atoms with Gasteiger partial charge in [-0.2, -0.15) is 11.3 Å². The van der Waals surface area contributed by atoms with Crippen molar-refractivity contribution in [2.45, 2.75) is 42.0 Å². The van der Waals surface area contributed by atoms with Gasteiger partial charge in [0.2, 0.25) is 11.8 Å². The summed E-state index contributed by atoms with van der Waals surface area (Å²) in [5.41, 5.74) is 0.349. The third-order valence-electron chi connectivity index (χ3n) is 4.36. The molecule has 0 saturated carbocycles. The summed E-state index contributed by atoms with van der Waals surface area (Å²) in [6, 6.07) is -0.344. The Balaban J connectivity index is 0.00000243. The fourth-order valence-corrected chi connectivity index (χ4v) is 5.54. The first kappa shape index (κ1) is 21.2. The Labute approximate surface area is 179 Å². The van der Waals surface area contributed by atoms with Crippen LogP contribution in [0.5, 0.6) is 0 Å². The summed E-state index contributed by atoms with van der Waals surface area (Å²) >= 11 is 2.56. The number of carbonyl (C=O) groups excluding carboxylic acids is 2. The zero-order valence-corrected chi connectivity index (χ0v) is 15.0. The maximum absolute atomic E-state index is 12.4. The molecule has 1 aromatic rings. The summed E-state index contributed by atoms with van der Waals surface area (Å²) in [6.07, 6.45) is 0. The molecular weight excluding hydrogens is 391 g/mol. The van der Waals surface area contributed by atoms with E-state index in [4.69, 9.17) is 0 Å². The average Bonchev–Trinajstić information content (AvgIpc) is 3.09. The van der Waals surface area contributed by atoms with Crippen LogP contribution >= 0.6 is 23.1 Å². The van der Waals surface area contributed by atoms with E-state index in [1.807, 2.05) is 0 Å². The summed E-state index contributed by atoms with van der Waals surface area (Å²) in [6.45, 7) is 3.46. The second kappa shape index (κ2) is 7.51. The standard InChI is InChI=1S/C15H16N2O6S2.Na.H/c1-15(2)9(14(22)23)17-11(19)8(12(17)25-15)16-10(18)7(13(20)21)6-3-4-24-5-6;;/h3-5,7-9,12H,1-2H3,(H,16,18)(H,20,21)(H,22,23);;/t7?,8-,9+,12-;;/m1../s1. The van der Waals surface area contributed by atoms with E-state index in [9.17, 15) is 29.4 Å². The molecule has 136 valence electrons. The number of amides is 2. The number of carboxylic acid groups (broad SMARTS) is 2.